The van der Waals surface area contributed by atoms with E-state index in [0.717, 1.165) is 51.4 Å². The summed E-state index contributed by atoms with van der Waals surface area (Å²) in [6, 6.07) is -3.61. The van der Waals surface area contributed by atoms with Crippen molar-refractivity contribution in [2.75, 3.05) is 6.54 Å². The third-order valence-electron chi connectivity index (χ3n) is 8.55. The number of hydrogen-bond acceptors (Lipinski definition) is 5. The monoisotopic (exact) mass is 613 g/mol. The number of urea groups is 1. The van der Waals surface area contributed by atoms with Gasteiger partial charge in [-0.05, 0) is 58.3 Å². The highest BCUT2D eigenvalue weighted by molar-refractivity contribution is 6.50. The minimum Gasteiger partial charge on any atom is -0.363 e. The molecule has 1 saturated heterocycles. The zero-order valence-corrected chi connectivity index (χ0v) is 25.9. The van der Waals surface area contributed by atoms with Crippen LogP contribution in [0.5, 0.6) is 0 Å². The van der Waals surface area contributed by atoms with Crippen LogP contribution < -0.4 is 21.7 Å². The number of primary amides is 1. The molecule has 41 heavy (non-hydrogen) atoms. The Morgan fingerprint density at radius 3 is 2.12 bits per heavy atom. The Kier molecular flexibility index (Phi) is 11.1. The van der Waals surface area contributed by atoms with Gasteiger partial charge in [0.1, 0.15) is 16.4 Å². The number of carbonyl (C=O) groups is 5. The third kappa shape index (κ3) is 8.60. The Morgan fingerprint density at radius 2 is 1.61 bits per heavy atom. The number of likely N-dealkylation sites (tertiary alicyclic amines) is 1. The highest BCUT2D eigenvalue weighted by atomic mass is 35.5. The second-order valence-electron chi connectivity index (χ2n) is 12.8. The Labute approximate surface area is 252 Å². The van der Waals surface area contributed by atoms with Crippen LogP contribution in [0.25, 0.3) is 0 Å². The molecule has 12 heteroatoms. The van der Waals surface area contributed by atoms with Crippen molar-refractivity contribution in [3.05, 3.63) is 12.7 Å². The minimum atomic E-state index is -1.55. The van der Waals surface area contributed by atoms with E-state index in [-0.39, 0.29) is 24.8 Å². The molecule has 2 aliphatic carbocycles. The highest BCUT2D eigenvalue weighted by Crippen LogP contribution is 2.42. The van der Waals surface area contributed by atoms with Crippen LogP contribution in [0.1, 0.15) is 85.0 Å². The van der Waals surface area contributed by atoms with Gasteiger partial charge in [0.25, 0.3) is 5.91 Å². The SMILES string of the molecule is C=CC(Cl)(Cl)[C@H]1CCN(C(=O)[C@@H](NC(=O)NC(C)(C)C)C2CCCCC2)[C@@H]1C(=O)NC(CC1CCC1)C(=O)C(N)=O. The Hall–Kier alpha value is -2.33. The number of nitrogens with zero attached hydrogens (tertiary/aromatic N) is 1. The van der Waals surface area contributed by atoms with Crippen LogP contribution in [-0.2, 0) is 19.2 Å². The van der Waals surface area contributed by atoms with Crippen LogP contribution in [0.3, 0.4) is 0 Å². The fraction of sp³-hybridized carbons (Fsp3) is 0.759. The van der Waals surface area contributed by atoms with Crippen molar-refractivity contribution in [1.29, 1.82) is 0 Å². The molecule has 2 saturated carbocycles. The summed E-state index contributed by atoms with van der Waals surface area (Å²) < 4.78 is -1.55. The lowest BCUT2D eigenvalue weighted by Gasteiger charge is -2.37. The number of allylic oxidation sites excluding steroid dienone is 1. The van der Waals surface area contributed by atoms with Crippen molar-refractivity contribution in [1.82, 2.24) is 20.9 Å². The summed E-state index contributed by atoms with van der Waals surface area (Å²) in [7, 11) is 0. The Bertz CT molecular complexity index is 1020. The van der Waals surface area contributed by atoms with E-state index in [4.69, 9.17) is 28.9 Å². The standard InChI is InChI=1S/C29H45Cl2N5O5/c1-5-29(30,31)19-14-15-36(22(19)25(39)33-20(23(37)24(32)38)16-17-10-9-11-17)26(40)21(18-12-7-6-8-13-18)34-27(41)35-28(2,3)4/h5,17-22H,1,6-16H2,2-4H3,(H2,32,38)(H,33,39)(H2,34,35,41)/t19-,20?,21-,22-/m0/s1. The van der Waals surface area contributed by atoms with Gasteiger partial charge in [0, 0.05) is 18.0 Å². The largest absolute Gasteiger partial charge is 0.363 e. The molecule has 3 aliphatic rings. The van der Waals surface area contributed by atoms with Gasteiger partial charge < -0.3 is 26.6 Å². The van der Waals surface area contributed by atoms with Gasteiger partial charge in [-0.3, -0.25) is 19.2 Å². The molecular weight excluding hydrogens is 569 g/mol. The molecule has 0 aromatic heterocycles. The summed E-state index contributed by atoms with van der Waals surface area (Å²) in [6.07, 6.45) is 9.15. The summed E-state index contributed by atoms with van der Waals surface area (Å²) in [5.41, 5.74) is 4.78. The zero-order chi connectivity index (χ0) is 30.5. The van der Waals surface area contributed by atoms with Crippen LogP contribution >= 0.6 is 23.2 Å². The number of halogens is 2. The second-order valence-corrected chi connectivity index (χ2v) is 14.2. The molecule has 5 N–H and O–H groups in total. The summed E-state index contributed by atoms with van der Waals surface area (Å²) >= 11 is 13.2. The van der Waals surface area contributed by atoms with Gasteiger partial charge in [0.05, 0.1) is 6.04 Å². The van der Waals surface area contributed by atoms with Gasteiger partial charge in [0.15, 0.2) is 0 Å². The predicted octanol–water partition coefficient (Wildman–Crippen LogP) is 3.34. The molecule has 10 nitrogen and oxygen atoms in total. The molecule has 0 aromatic rings. The Morgan fingerprint density at radius 1 is 0.976 bits per heavy atom. The number of carbonyl (C=O) groups excluding carboxylic acids is 5. The second kappa shape index (κ2) is 13.8. The number of rotatable bonds is 11. The van der Waals surface area contributed by atoms with E-state index < -0.39 is 63.5 Å². The smallest absolute Gasteiger partial charge is 0.315 e. The van der Waals surface area contributed by atoms with Crippen LogP contribution in [0.4, 0.5) is 4.79 Å². The van der Waals surface area contributed by atoms with E-state index in [0.29, 0.717) is 6.42 Å². The highest BCUT2D eigenvalue weighted by Gasteiger charge is 2.52. The van der Waals surface area contributed by atoms with E-state index in [2.05, 4.69) is 22.5 Å². The molecule has 3 fully saturated rings. The Balaban J connectivity index is 1.92. The average molecular weight is 615 g/mol. The van der Waals surface area contributed by atoms with E-state index in [1.54, 1.807) is 0 Å². The van der Waals surface area contributed by atoms with E-state index in [1.165, 1.54) is 11.0 Å². The maximum Gasteiger partial charge on any atom is 0.315 e. The summed E-state index contributed by atoms with van der Waals surface area (Å²) in [5.74, 6) is -3.73. The fourth-order valence-electron chi connectivity index (χ4n) is 6.19. The lowest BCUT2D eigenvalue weighted by molar-refractivity contribution is -0.144. The molecule has 3 rings (SSSR count). The van der Waals surface area contributed by atoms with E-state index in [9.17, 15) is 24.0 Å². The normalized spacial score (nSPS) is 23.6. The molecular formula is C29H45Cl2N5O5. The first kappa shape index (κ1) is 33.2. The molecule has 0 bridgehead atoms. The molecule has 0 aromatic carbocycles. The van der Waals surface area contributed by atoms with Crippen LogP contribution in [0, 0.1) is 17.8 Å². The molecule has 230 valence electrons. The van der Waals surface area contributed by atoms with Crippen molar-refractivity contribution < 1.29 is 24.0 Å². The van der Waals surface area contributed by atoms with Crippen molar-refractivity contribution in [3.8, 4) is 0 Å². The topological polar surface area (TPSA) is 151 Å². The minimum absolute atomic E-state index is 0.108. The quantitative estimate of drug-likeness (QED) is 0.160. The van der Waals surface area contributed by atoms with E-state index in [1.807, 2.05) is 20.8 Å². The number of nitrogens with one attached hydrogen (secondary N) is 3. The number of hydrogen-bond donors (Lipinski definition) is 4. The summed E-state index contributed by atoms with van der Waals surface area (Å²) in [4.78, 5) is 67.0. The van der Waals surface area contributed by atoms with Gasteiger partial charge >= 0.3 is 6.03 Å². The molecule has 4 atom stereocenters. The van der Waals surface area contributed by atoms with Gasteiger partial charge in [-0.2, -0.15) is 0 Å². The summed E-state index contributed by atoms with van der Waals surface area (Å²) in [6.45, 7) is 9.42. The van der Waals surface area contributed by atoms with Gasteiger partial charge in [-0.1, -0.05) is 67.8 Å². The van der Waals surface area contributed by atoms with Gasteiger partial charge in [-0.25, -0.2) is 4.79 Å². The number of ketones is 1. The third-order valence-corrected chi connectivity index (χ3v) is 9.42. The maximum absolute atomic E-state index is 14.2. The van der Waals surface area contributed by atoms with Crippen LogP contribution in [0.2, 0.25) is 0 Å². The number of amides is 5. The fourth-order valence-corrected chi connectivity index (χ4v) is 6.64. The summed E-state index contributed by atoms with van der Waals surface area (Å²) in [5, 5.41) is 8.45. The van der Waals surface area contributed by atoms with E-state index >= 15 is 0 Å². The molecule has 1 unspecified atom stereocenters. The van der Waals surface area contributed by atoms with Crippen molar-refractivity contribution in [2.24, 2.45) is 23.5 Å². The van der Waals surface area contributed by atoms with Crippen LogP contribution in [-0.4, -0.2) is 69.0 Å². The van der Waals surface area contributed by atoms with Crippen LogP contribution in [0.15, 0.2) is 12.7 Å². The first-order chi connectivity index (χ1) is 19.1. The van der Waals surface area contributed by atoms with Crippen molar-refractivity contribution in [3.63, 3.8) is 0 Å². The van der Waals surface area contributed by atoms with Gasteiger partial charge in [-0.15, -0.1) is 6.58 Å². The number of Topliss-reactive ketones (excluding diaryl/α,β-unsaturated/α-hetero) is 1. The first-order valence-electron chi connectivity index (χ1n) is 14.7. The molecule has 1 heterocycles. The average Bonchev–Trinajstić information content (AvgIpc) is 3.33. The lowest BCUT2D eigenvalue weighted by atomic mass is 9.80. The molecule has 0 spiro atoms. The molecule has 1 aliphatic heterocycles. The predicted molar refractivity (Wildman–Crippen MR) is 158 cm³/mol. The lowest BCUT2D eigenvalue weighted by Crippen LogP contribution is -2.61. The van der Waals surface area contributed by atoms with Crippen molar-refractivity contribution in [2.45, 2.75) is 113 Å². The number of nitrogens with two attached hydrogens (primary N) is 1. The zero-order valence-electron chi connectivity index (χ0n) is 24.3. The van der Waals surface area contributed by atoms with Crippen molar-refractivity contribution >= 4 is 52.7 Å². The molecule has 5 amide bonds. The first-order valence-corrected chi connectivity index (χ1v) is 15.4. The van der Waals surface area contributed by atoms with Gasteiger partial charge in [0.2, 0.25) is 17.6 Å². The maximum atomic E-state index is 14.2. The molecule has 0 radical (unpaired) electrons. The number of alkyl halides is 2.